The van der Waals surface area contributed by atoms with E-state index in [2.05, 4.69) is 84.3 Å². The van der Waals surface area contributed by atoms with Gasteiger partial charge in [0.15, 0.2) is 0 Å². The minimum absolute atomic E-state index is 0. The number of fused-ring (bicyclic) bond motifs is 3. The molecule has 3 heteroatoms. The molecule has 1 atom stereocenters. The molecule has 0 amide bonds. The third kappa shape index (κ3) is 3.57. The van der Waals surface area contributed by atoms with Crippen molar-refractivity contribution in [1.82, 2.24) is 4.90 Å². The summed E-state index contributed by atoms with van der Waals surface area (Å²) in [6.45, 7) is 5.54. The van der Waals surface area contributed by atoms with Gasteiger partial charge in [-0.1, -0.05) is 72.5 Å². The van der Waals surface area contributed by atoms with Crippen LogP contribution in [0, 0.1) is 17.8 Å². The summed E-state index contributed by atoms with van der Waals surface area (Å²) in [7, 11) is 1.83. The van der Waals surface area contributed by atoms with Crippen LogP contribution < -0.4 is 0 Å². The normalized spacial score (nSPS) is 26.6. The lowest BCUT2D eigenvalue weighted by molar-refractivity contribution is -0.0962. The molecule has 0 spiro atoms. The maximum atomic E-state index is 6.06. The number of piperidine rings is 3. The zero-order valence-electron chi connectivity index (χ0n) is 16.3. The van der Waals surface area contributed by atoms with Crippen LogP contribution in [-0.2, 0) is 10.2 Å². The van der Waals surface area contributed by atoms with Crippen molar-refractivity contribution in [2.24, 2.45) is 5.92 Å². The van der Waals surface area contributed by atoms with Crippen LogP contribution >= 0.6 is 0 Å². The van der Waals surface area contributed by atoms with Crippen LogP contribution in [0.2, 0.25) is 0 Å². The fourth-order valence-corrected chi connectivity index (χ4v) is 4.53. The Morgan fingerprint density at radius 2 is 1.48 bits per heavy atom. The molecule has 1 unspecified atom stereocenters. The maximum Gasteiger partial charge on any atom is 0.143 e. The monoisotopic (exact) mass is 356 g/mol. The molecule has 3 aliphatic rings. The number of nitrogens with zero attached hydrogens (tertiary/aromatic N) is 1. The molecule has 3 heterocycles. The van der Waals surface area contributed by atoms with Gasteiger partial charge in [0.1, 0.15) is 5.60 Å². The lowest BCUT2D eigenvalue weighted by Gasteiger charge is -2.50. The fourth-order valence-electron chi connectivity index (χ4n) is 4.53. The molecular weight excluding hydrogens is 329 g/mol. The lowest BCUT2D eigenvalue weighted by Crippen LogP contribution is -2.59. The first-order valence-corrected chi connectivity index (χ1v) is 9.59. The first kappa shape index (κ1) is 19.7. The van der Waals surface area contributed by atoms with Gasteiger partial charge in [-0.15, -0.1) is 0 Å². The predicted molar refractivity (Wildman–Crippen MR) is 112 cm³/mol. The third-order valence-corrected chi connectivity index (χ3v) is 6.30. The Labute approximate surface area is 165 Å². The maximum absolute atomic E-state index is 6.06. The van der Waals surface area contributed by atoms with E-state index in [4.69, 9.17) is 4.74 Å². The zero-order chi connectivity index (χ0) is 18.0. The van der Waals surface area contributed by atoms with Crippen LogP contribution in [0.4, 0.5) is 0 Å². The molecule has 27 heavy (non-hydrogen) atoms. The highest BCUT2D eigenvalue weighted by atomic mass is 16.5. The highest BCUT2D eigenvalue weighted by Gasteiger charge is 2.46. The molecule has 2 aromatic rings. The largest absolute Gasteiger partial charge is 0.364 e. The molecule has 0 aliphatic carbocycles. The molecule has 0 N–H and O–H groups in total. The summed E-state index contributed by atoms with van der Waals surface area (Å²) in [4.78, 5) is 2.50. The van der Waals surface area contributed by atoms with Crippen molar-refractivity contribution in [1.29, 1.82) is 0 Å². The topological polar surface area (TPSA) is 12.5 Å². The van der Waals surface area contributed by atoms with E-state index in [1.54, 1.807) is 0 Å². The number of rotatable bonds is 3. The minimum Gasteiger partial charge on any atom is -0.364 e. The van der Waals surface area contributed by atoms with Gasteiger partial charge in [-0.25, -0.2) is 0 Å². The standard InChI is InChI=1S/C24H27NO.B/c1-23(20-9-5-3-6-10-20,21-11-7-4-8-12-21)15-16-24(26-2)19-25-17-13-22(24)14-18-25;/h3-12,22H,13-14,17-19H2,1-2H3;. The molecule has 2 bridgehead atoms. The summed E-state index contributed by atoms with van der Waals surface area (Å²) >= 11 is 0. The molecule has 2 nitrogen and oxygen atoms in total. The summed E-state index contributed by atoms with van der Waals surface area (Å²) in [5, 5.41) is 0. The Kier molecular flexibility index (Phi) is 5.79. The zero-order valence-corrected chi connectivity index (χ0v) is 16.3. The first-order chi connectivity index (χ1) is 12.7. The average molecular weight is 356 g/mol. The molecule has 2 aromatic carbocycles. The second kappa shape index (κ2) is 7.93. The number of ether oxygens (including phenoxy) is 1. The molecule has 3 saturated heterocycles. The van der Waals surface area contributed by atoms with Crippen molar-refractivity contribution in [3.8, 4) is 11.8 Å². The van der Waals surface area contributed by atoms with Crippen molar-refractivity contribution in [2.75, 3.05) is 26.7 Å². The highest BCUT2D eigenvalue weighted by molar-refractivity contribution is 5.75. The molecule has 3 fully saturated rings. The Morgan fingerprint density at radius 1 is 0.963 bits per heavy atom. The number of hydrogen-bond acceptors (Lipinski definition) is 2. The van der Waals surface area contributed by atoms with Crippen LogP contribution in [-0.4, -0.2) is 45.7 Å². The number of methoxy groups -OCH3 is 1. The fraction of sp³-hybridized carbons (Fsp3) is 0.417. The van der Waals surface area contributed by atoms with Gasteiger partial charge in [0, 0.05) is 28.0 Å². The van der Waals surface area contributed by atoms with E-state index in [-0.39, 0.29) is 19.4 Å². The van der Waals surface area contributed by atoms with E-state index >= 15 is 0 Å². The third-order valence-electron chi connectivity index (χ3n) is 6.30. The van der Waals surface area contributed by atoms with E-state index in [1.807, 2.05) is 7.11 Å². The van der Waals surface area contributed by atoms with Gasteiger partial charge in [-0.3, -0.25) is 4.90 Å². The second-order valence-corrected chi connectivity index (χ2v) is 7.75. The lowest BCUT2D eigenvalue weighted by atomic mass is 9.73. The van der Waals surface area contributed by atoms with E-state index < -0.39 is 0 Å². The molecular formula is C24H27BNO. The van der Waals surface area contributed by atoms with Gasteiger partial charge in [0.25, 0.3) is 0 Å². The van der Waals surface area contributed by atoms with E-state index in [0.29, 0.717) is 5.92 Å². The van der Waals surface area contributed by atoms with Gasteiger partial charge in [-0.05, 0) is 44.0 Å². The van der Waals surface area contributed by atoms with Crippen LogP contribution in [0.25, 0.3) is 0 Å². The van der Waals surface area contributed by atoms with Gasteiger partial charge < -0.3 is 4.74 Å². The molecule has 3 aliphatic heterocycles. The van der Waals surface area contributed by atoms with Crippen molar-refractivity contribution in [2.45, 2.75) is 30.8 Å². The van der Waals surface area contributed by atoms with Crippen LogP contribution in [0.3, 0.4) is 0 Å². The average Bonchev–Trinajstić information content (AvgIpc) is 2.74. The van der Waals surface area contributed by atoms with Crippen LogP contribution in [0.1, 0.15) is 30.9 Å². The summed E-state index contributed by atoms with van der Waals surface area (Å²) in [5.41, 5.74) is 1.78. The van der Waals surface area contributed by atoms with Crippen molar-refractivity contribution < 1.29 is 4.74 Å². The summed E-state index contributed by atoms with van der Waals surface area (Å²) in [6.07, 6.45) is 2.38. The molecule has 5 rings (SSSR count). The van der Waals surface area contributed by atoms with Gasteiger partial charge in [0.2, 0.25) is 0 Å². The van der Waals surface area contributed by atoms with E-state index in [0.717, 1.165) is 6.54 Å². The van der Waals surface area contributed by atoms with Crippen molar-refractivity contribution in [3.05, 3.63) is 71.8 Å². The van der Waals surface area contributed by atoms with Crippen molar-refractivity contribution >= 4 is 8.41 Å². The molecule has 0 saturated carbocycles. The second-order valence-electron chi connectivity index (χ2n) is 7.75. The van der Waals surface area contributed by atoms with Gasteiger partial charge in [-0.2, -0.15) is 0 Å². The van der Waals surface area contributed by atoms with Gasteiger partial charge in [0.05, 0.1) is 5.41 Å². The highest BCUT2D eigenvalue weighted by Crippen LogP contribution is 2.38. The van der Waals surface area contributed by atoms with E-state index in [9.17, 15) is 0 Å². The van der Waals surface area contributed by atoms with Gasteiger partial charge >= 0.3 is 0 Å². The number of hydrogen-bond donors (Lipinski definition) is 0. The smallest absolute Gasteiger partial charge is 0.143 e. The Balaban J connectivity index is 0.00000210. The first-order valence-electron chi connectivity index (χ1n) is 9.59. The quantitative estimate of drug-likeness (QED) is 0.614. The SMILES string of the molecule is COC1(C#CC(C)(c2ccccc2)c2ccccc2)CN2CCC1CC2.[B]. The minimum atomic E-state index is -0.347. The molecule has 3 radical (unpaired) electrons. The summed E-state index contributed by atoms with van der Waals surface area (Å²) in [6, 6.07) is 21.2. The number of benzene rings is 2. The Bertz CT molecular complexity index is 763. The molecule has 0 aromatic heterocycles. The predicted octanol–water partition coefficient (Wildman–Crippen LogP) is 3.73. The summed E-state index contributed by atoms with van der Waals surface area (Å²) in [5.74, 6) is 7.86. The van der Waals surface area contributed by atoms with Crippen molar-refractivity contribution in [3.63, 3.8) is 0 Å². The van der Waals surface area contributed by atoms with Crippen LogP contribution in [0.15, 0.2) is 60.7 Å². The van der Waals surface area contributed by atoms with E-state index in [1.165, 1.54) is 37.1 Å². The summed E-state index contributed by atoms with van der Waals surface area (Å²) < 4.78 is 6.06. The van der Waals surface area contributed by atoms with Crippen LogP contribution in [0.5, 0.6) is 0 Å². The Morgan fingerprint density at radius 3 is 1.89 bits per heavy atom. The molecule has 137 valence electrons. The Hall–Kier alpha value is -2.02.